The highest BCUT2D eigenvalue weighted by atomic mass is 79.9. The highest BCUT2D eigenvalue weighted by Gasteiger charge is 2.15. The fourth-order valence-electron chi connectivity index (χ4n) is 3.78. The van der Waals surface area contributed by atoms with Crippen molar-refractivity contribution in [1.82, 2.24) is 18.9 Å². The molecule has 0 saturated heterocycles. The van der Waals surface area contributed by atoms with Crippen LogP contribution in [0, 0.1) is 13.8 Å². The first-order valence-corrected chi connectivity index (χ1v) is 10.9. The highest BCUT2D eigenvalue weighted by molar-refractivity contribution is 9.10. The van der Waals surface area contributed by atoms with Gasteiger partial charge in [0, 0.05) is 44.6 Å². The third-order valence-corrected chi connectivity index (χ3v) is 6.59. The number of halogens is 1. The Bertz CT molecular complexity index is 1500. The van der Waals surface area contributed by atoms with E-state index in [1.165, 1.54) is 4.68 Å². The smallest absolute Gasteiger partial charge is 0.328 e. The minimum Gasteiger partial charge on any atom is -0.376 e. The van der Waals surface area contributed by atoms with Crippen LogP contribution < -0.4 is 16.1 Å². The fraction of sp³-hybridized carbons (Fsp3) is 0.261. The lowest BCUT2D eigenvalue weighted by atomic mass is 10.2. The second kappa shape index (κ2) is 7.98. The number of nitrogens with zero attached hydrogens (tertiary/aromatic N) is 5. The van der Waals surface area contributed by atoms with Crippen molar-refractivity contribution in [1.29, 1.82) is 0 Å². The topological polar surface area (TPSA) is 80.3 Å². The van der Waals surface area contributed by atoms with Gasteiger partial charge in [0.15, 0.2) is 0 Å². The molecule has 0 saturated carbocycles. The number of aryl methyl sites for hydroxylation is 4. The van der Waals surface area contributed by atoms with Crippen LogP contribution in [0.4, 0.5) is 11.4 Å². The van der Waals surface area contributed by atoms with Crippen molar-refractivity contribution in [3.05, 3.63) is 72.5 Å². The number of nitrogens with one attached hydrogen (secondary N) is 1. The summed E-state index contributed by atoms with van der Waals surface area (Å²) in [6.45, 7) is 3.83. The molecule has 2 aromatic carbocycles. The first-order valence-electron chi connectivity index (χ1n) is 10.1. The summed E-state index contributed by atoms with van der Waals surface area (Å²) < 4.78 is 5.72. The van der Waals surface area contributed by atoms with Gasteiger partial charge in [-0.25, -0.2) is 9.48 Å². The van der Waals surface area contributed by atoms with E-state index in [2.05, 4.69) is 26.0 Å². The molecule has 0 radical (unpaired) electrons. The molecule has 2 heterocycles. The Morgan fingerprint density at radius 3 is 2.31 bits per heavy atom. The lowest BCUT2D eigenvalue weighted by Gasteiger charge is -2.15. The molecule has 0 aliphatic heterocycles. The maximum atomic E-state index is 13.1. The summed E-state index contributed by atoms with van der Waals surface area (Å²) in [7, 11) is 7.34. The SMILES string of the molecule is Cc1cc(-n2[nH]c(C)c(C=Nc3cc4c(cc3N(C)C)n(C)c(=O)n4C)c2=O)ccc1Br. The standard InChI is InChI=1S/C23H25BrN6O2/c1-13-9-15(7-8-17(13)24)30-22(31)16(14(2)26-30)12-25-18-10-20-21(11-19(18)27(3)4)29(6)23(32)28(20)5/h7-12,26H,1-6H3. The first kappa shape index (κ1) is 21.9. The van der Waals surface area contributed by atoms with Gasteiger partial charge in [-0.1, -0.05) is 15.9 Å². The molecule has 0 atom stereocenters. The van der Waals surface area contributed by atoms with Crippen molar-refractivity contribution < 1.29 is 0 Å². The van der Waals surface area contributed by atoms with Crippen molar-refractivity contribution in [2.45, 2.75) is 13.8 Å². The number of H-pyrrole nitrogens is 1. The molecule has 4 aromatic rings. The summed E-state index contributed by atoms with van der Waals surface area (Å²) in [6, 6.07) is 9.56. The summed E-state index contributed by atoms with van der Waals surface area (Å²) in [5, 5.41) is 3.14. The van der Waals surface area contributed by atoms with Crippen LogP contribution in [0.15, 0.2) is 49.4 Å². The number of benzene rings is 2. The molecule has 2 aromatic heterocycles. The molecule has 166 valence electrons. The van der Waals surface area contributed by atoms with Crippen molar-refractivity contribution in [2.24, 2.45) is 19.1 Å². The predicted octanol–water partition coefficient (Wildman–Crippen LogP) is 3.55. The molecule has 0 unspecified atom stereocenters. The van der Waals surface area contributed by atoms with Gasteiger partial charge < -0.3 is 4.90 Å². The van der Waals surface area contributed by atoms with Gasteiger partial charge in [-0.3, -0.25) is 24.0 Å². The molecule has 1 N–H and O–H groups in total. The number of imidazole rings is 1. The number of aromatic amines is 1. The van der Waals surface area contributed by atoms with Gasteiger partial charge in [0.2, 0.25) is 0 Å². The average Bonchev–Trinajstić information content (AvgIpc) is 3.15. The second-order valence-electron chi connectivity index (χ2n) is 8.11. The molecule has 0 aliphatic carbocycles. The quantitative estimate of drug-likeness (QED) is 0.438. The number of anilines is 1. The van der Waals surface area contributed by atoms with Crippen molar-refractivity contribution in [2.75, 3.05) is 19.0 Å². The Morgan fingerprint density at radius 2 is 1.69 bits per heavy atom. The average molecular weight is 497 g/mol. The van der Waals surface area contributed by atoms with E-state index in [0.29, 0.717) is 11.3 Å². The van der Waals surface area contributed by atoms with Crippen LogP contribution in [0.1, 0.15) is 16.8 Å². The zero-order chi connectivity index (χ0) is 23.3. The molecule has 0 spiro atoms. The van der Waals surface area contributed by atoms with Gasteiger partial charge in [0.25, 0.3) is 5.56 Å². The Morgan fingerprint density at radius 1 is 1.03 bits per heavy atom. The van der Waals surface area contributed by atoms with Crippen LogP contribution in [-0.4, -0.2) is 39.2 Å². The van der Waals surface area contributed by atoms with Gasteiger partial charge in [-0.2, -0.15) is 0 Å². The van der Waals surface area contributed by atoms with E-state index >= 15 is 0 Å². The summed E-state index contributed by atoms with van der Waals surface area (Å²) >= 11 is 3.49. The molecule has 9 heteroatoms. The van der Waals surface area contributed by atoms with E-state index in [-0.39, 0.29) is 11.2 Å². The number of fused-ring (bicyclic) bond motifs is 1. The minimum absolute atomic E-state index is 0.0972. The number of aromatic nitrogens is 4. The third kappa shape index (κ3) is 3.52. The Kier molecular flexibility index (Phi) is 5.46. The lowest BCUT2D eigenvalue weighted by molar-refractivity contribution is 0.795. The molecule has 32 heavy (non-hydrogen) atoms. The first-order chi connectivity index (χ1) is 15.1. The largest absolute Gasteiger partial charge is 0.376 e. The summed E-state index contributed by atoms with van der Waals surface area (Å²) in [5.41, 5.74) is 5.86. The molecule has 0 amide bonds. The Hall–Kier alpha value is -3.33. The maximum Gasteiger partial charge on any atom is 0.328 e. The molecular weight excluding hydrogens is 472 g/mol. The predicted molar refractivity (Wildman–Crippen MR) is 133 cm³/mol. The lowest BCUT2D eigenvalue weighted by Crippen LogP contribution is -2.19. The fourth-order valence-corrected chi connectivity index (χ4v) is 4.03. The number of rotatable bonds is 4. The monoisotopic (exact) mass is 496 g/mol. The van der Waals surface area contributed by atoms with Gasteiger partial charge in [0.05, 0.1) is 33.7 Å². The molecule has 0 bridgehead atoms. The van der Waals surface area contributed by atoms with Crippen LogP contribution in [0.3, 0.4) is 0 Å². The van der Waals surface area contributed by atoms with Gasteiger partial charge >= 0.3 is 5.69 Å². The summed E-state index contributed by atoms with van der Waals surface area (Å²) in [6.07, 6.45) is 1.59. The normalized spacial score (nSPS) is 11.7. The van der Waals surface area contributed by atoms with Gasteiger partial charge in [0.1, 0.15) is 0 Å². The molecule has 4 rings (SSSR count). The summed E-state index contributed by atoms with van der Waals surface area (Å²) in [5.74, 6) is 0. The number of aliphatic imine (C=N–C) groups is 1. The number of hydrogen-bond acceptors (Lipinski definition) is 4. The summed E-state index contributed by atoms with van der Waals surface area (Å²) in [4.78, 5) is 32.1. The zero-order valence-corrected chi connectivity index (χ0v) is 20.5. The van der Waals surface area contributed by atoms with E-state index in [0.717, 1.165) is 38.1 Å². The highest BCUT2D eigenvalue weighted by Crippen LogP contribution is 2.32. The van der Waals surface area contributed by atoms with Crippen LogP contribution >= 0.6 is 15.9 Å². The van der Waals surface area contributed by atoms with Crippen LogP contribution in [-0.2, 0) is 14.1 Å². The van der Waals surface area contributed by atoms with Gasteiger partial charge in [-0.05, 0) is 49.7 Å². The zero-order valence-electron chi connectivity index (χ0n) is 18.9. The Balaban J connectivity index is 1.83. The minimum atomic E-state index is -0.174. The second-order valence-corrected chi connectivity index (χ2v) is 8.96. The van der Waals surface area contributed by atoms with E-state index in [1.54, 1.807) is 29.4 Å². The Labute approximate surface area is 193 Å². The van der Waals surface area contributed by atoms with Crippen LogP contribution in [0.25, 0.3) is 16.7 Å². The molecule has 8 nitrogen and oxygen atoms in total. The van der Waals surface area contributed by atoms with Crippen LogP contribution in [0.5, 0.6) is 0 Å². The molecule has 0 fully saturated rings. The maximum absolute atomic E-state index is 13.1. The molecular formula is C23H25BrN6O2. The van der Waals surface area contributed by atoms with Crippen LogP contribution in [0.2, 0.25) is 0 Å². The number of hydrogen-bond donors (Lipinski definition) is 1. The van der Waals surface area contributed by atoms with Crippen molar-refractivity contribution in [3.63, 3.8) is 0 Å². The third-order valence-electron chi connectivity index (χ3n) is 5.70. The van der Waals surface area contributed by atoms with E-state index in [9.17, 15) is 9.59 Å². The van der Waals surface area contributed by atoms with E-state index in [1.807, 2.05) is 63.2 Å². The van der Waals surface area contributed by atoms with Gasteiger partial charge in [-0.15, -0.1) is 0 Å². The van der Waals surface area contributed by atoms with Crippen molar-refractivity contribution in [3.8, 4) is 5.69 Å². The molecule has 0 aliphatic rings. The van der Waals surface area contributed by atoms with Crippen molar-refractivity contribution >= 4 is 44.6 Å². The van der Waals surface area contributed by atoms with E-state index < -0.39 is 0 Å². The van der Waals surface area contributed by atoms with E-state index in [4.69, 9.17) is 0 Å².